The maximum absolute atomic E-state index is 13.0. The van der Waals surface area contributed by atoms with Crippen LogP contribution < -0.4 is 10.6 Å². The zero-order chi connectivity index (χ0) is 28.7. The molecule has 0 aromatic heterocycles. The molecule has 11 nitrogen and oxygen atoms in total. The Morgan fingerprint density at radius 2 is 1.74 bits per heavy atom. The predicted octanol–water partition coefficient (Wildman–Crippen LogP) is 2.96. The molecule has 0 spiro atoms. The second kappa shape index (κ2) is 13.1. The summed E-state index contributed by atoms with van der Waals surface area (Å²) in [6, 6.07) is 4.84. The Hall–Kier alpha value is -3.41. The third kappa shape index (κ3) is 7.59. The highest BCUT2D eigenvalue weighted by Crippen LogP contribution is 2.25. The van der Waals surface area contributed by atoms with Crippen molar-refractivity contribution in [1.29, 1.82) is 0 Å². The van der Waals surface area contributed by atoms with Crippen molar-refractivity contribution in [2.45, 2.75) is 70.2 Å². The fraction of sp³-hybridized carbons (Fsp3) is 0.556. The summed E-state index contributed by atoms with van der Waals surface area (Å²) in [6.07, 6.45) is 3.94. The maximum atomic E-state index is 13.0. The van der Waals surface area contributed by atoms with Gasteiger partial charge in [-0.1, -0.05) is 19.1 Å². The van der Waals surface area contributed by atoms with E-state index in [2.05, 4.69) is 10.6 Å². The van der Waals surface area contributed by atoms with Crippen molar-refractivity contribution < 1.29 is 32.3 Å². The molecule has 12 heteroatoms. The molecule has 3 rings (SSSR count). The van der Waals surface area contributed by atoms with Crippen molar-refractivity contribution >= 4 is 34.0 Å². The van der Waals surface area contributed by atoms with Crippen molar-refractivity contribution in [3.63, 3.8) is 0 Å². The van der Waals surface area contributed by atoms with E-state index in [1.807, 2.05) is 13.8 Å². The summed E-state index contributed by atoms with van der Waals surface area (Å²) in [4.78, 5) is 49.6. The first-order chi connectivity index (χ1) is 18.4. The first-order valence-electron chi connectivity index (χ1n) is 13.2. The zero-order valence-corrected chi connectivity index (χ0v) is 23.8. The molecule has 1 fully saturated rings. The van der Waals surface area contributed by atoms with Gasteiger partial charge in [-0.05, 0) is 74.6 Å². The number of rotatable bonds is 9. The van der Waals surface area contributed by atoms with Gasteiger partial charge in [0.2, 0.25) is 0 Å². The Kier molecular flexibility index (Phi) is 10.1. The van der Waals surface area contributed by atoms with E-state index in [9.17, 15) is 27.6 Å². The zero-order valence-electron chi connectivity index (χ0n) is 23.0. The molecule has 0 atom stereocenters. The molecule has 1 aromatic rings. The van der Waals surface area contributed by atoms with Gasteiger partial charge in [0, 0.05) is 32.1 Å². The average Bonchev–Trinajstić information content (AvgIpc) is 3.20. The number of nitrogens with zero attached hydrogens (tertiary/aromatic N) is 2. The van der Waals surface area contributed by atoms with Gasteiger partial charge in [-0.2, -0.15) is 0 Å². The topological polar surface area (TPSA) is 142 Å². The molecular weight excluding hydrogens is 524 g/mol. The van der Waals surface area contributed by atoms with E-state index in [1.165, 1.54) is 31.0 Å². The summed E-state index contributed by atoms with van der Waals surface area (Å²) in [5.41, 5.74) is 2.36. The van der Waals surface area contributed by atoms with Gasteiger partial charge in [0.05, 0.1) is 18.0 Å². The summed E-state index contributed by atoms with van der Waals surface area (Å²) in [5, 5.41) is 5.53. The van der Waals surface area contributed by atoms with Gasteiger partial charge < -0.3 is 15.4 Å². The van der Waals surface area contributed by atoms with Gasteiger partial charge in [-0.3, -0.25) is 14.5 Å². The van der Waals surface area contributed by atoms with Crippen LogP contribution in [0.3, 0.4) is 0 Å². The van der Waals surface area contributed by atoms with Crippen LogP contribution in [0.1, 0.15) is 58.4 Å². The third-order valence-corrected chi connectivity index (χ3v) is 9.02. The smallest absolute Gasteiger partial charge is 0.331 e. The fourth-order valence-electron chi connectivity index (χ4n) is 4.85. The molecule has 0 bridgehead atoms. The summed E-state index contributed by atoms with van der Waals surface area (Å²) in [5.74, 6) is -0.332. The number of urea groups is 2. The number of carbonyl (C=O) groups is 4. The number of imide groups is 1. The summed E-state index contributed by atoms with van der Waals surface area (Å²) >= 11 is 0. The highest BCUT2D eigenvalue weighted by Gasteiger charge is 2.32. The normalized spacial score (nSPS) is 19.6. The van der Waals surface area contributed by atoms with Crippen LogP contribution in [0.5, 0.6) is 0 Å². The molecule has 1 aliphatic heterocycles. The minimum atomic E-state index is -4.05. The second-order valence-corrected chi connectivity index (χ2v) is 12.0. The Morgan fingerprint density at radius 3 is 2.31 bits per heavy atom. The fourth-order valence-corrected chi connectivity index (χ4v) is 5.91. The first kappa shape index (κ1) is 30.1. The number of amides is 5. The molecule has 39 heavy (non-hydrogen) atoms. The van der Waals surface area contributed by atoms with Crippen molar-refractivity contribution in [3.8, 4) is 0 Å². The highest BCUT2D eigenvalue weighted by molar-refractivity contribution is 7.89. The standard InChI is InChI=1S/C27H38N4O7S/c1-5-24-18(2)16-31(25(24)33)26(34)28-15-14-20-8-12-23(13-9-20)39(36,37)30(4)27(35)29-22-10-6-21(7-11-22)17-38-19(3)32/h8-9,12-13,21-22H,5-7,10-11,14-17H2,1-4H3,(H,28,34)(H,29,35). The molecule has 2 N–H and O–H groups in total. The van der Waals surface area contributed by atoms with E-state index < -0.39 is 22.1 Å². The van der Waals surface area contributed by atoms with Gasteiger partial charge in [-0.25, -0.2) is 22.3 Å². The number of hydrogen-bond donors (Lipinski definition) is 2. The van der Waals surface area contributed by atoms with Crippen molar-refractivity contribution in [2.75, 3.05) is 26.7 Å². The molecule has 1 saturated carbocycles. The maximum Gasteiger partial charge on any atom is 0.331 e. The number of benzene rings is 1. The van der Waals surface area contributed by atoms with Crippen molar-refractivity contribution in [2.24, 2.45) is 5.92 Å². The lowest BCUT2D eigenvalue weighted by Crippen LogP contribution is -2.46. The van der Waals surface area contributed by atoms with E-state index in [-0.39, 0.29) is 35.3 Å². The van der Waals surface area contributed by atoms with Crippen LogP contribution in [0.15, 0.2) is 40.3 Å². The second-order valence-electron chi connectivity index (χ2n) is 10.1. The largest absolute Gasteiger partial charge is 0.466 e. The lowest BCUT2D eigenvalue weighted by atomic mass is 9.86. The van der Waals surface area contributed by atoms with Crippen LogP contribution in [-0.4, -0.2) is 74.3 Å². The Bertz CT molecular complexity index is 1220. The molecule has 1 heterocycles. The van der Waals surface area contributed by atoms with Gasteiger partial charge in [0.1, 0.15) is 0 Å². The first-order valence-corrected chi connectivity index (χ1v) is 14.7. The quantitative estimate of drug-likeness (QED) is 0.441. The Balaban J connectivity index is 1.47. The van der Waals surface area contributed by atoms with Crippen LogP contribution in [0.25, 0.3) is 0 Å². The monoisotopic (exact) mass is 562 g/mol. The van der Waals surface area contributed by atoms with E-state index in [0.717, 1.165) is 24.0 Å². The molecule has 0 unspecified atom stereocenters. The van der Waals surface area contributed by atoms with Crippen LogP contribution in [0, 0.1) is 5.92 Å². The van der Waals surface area contributed by atoms with Crippen LogP contribution >= 0.6 is 0 Å². The average molecular weight is 563 g/mol. The summed E-state index contributed by atoms with van der Waals surface area (Å²) < 4.78 is 31.8. The predicted molar refractivity (Wildman–Crippen MR) is 144 cm³/mol. The third-order valence-electron chi connectivity index (χ3n) is 7.27. The minimum absolute atomic E-state index is 0.0191. The van der Waals surface area contributed by atoms with Crippen molar-refractivity contribution in [3.05, 3.63) is 41.0 Å². The Morgan fingerprint density at radius 1 is 1.10 bits per heavy atom. The van der Waals surface area contributed by atoms with E-state index in [0.29, 0.717) is 48.7 Å². The summed E-state index contributed by atoms with van der Waals surface area (Å²) in [7, 11) is -2.83. The molecule has 1 aromatic carbocycles. The van der Waals surface area contributed by atoms with Gasteiger partial charge >= 0.3 is 18.0 Å². The molecular formula is C27H38N4O7S. The lowest BCUT2D eigenvalue weighted by molar-refractivity contribution is -0.142. The number of carbonyl (C=O) groups excluding carboxylic acids is 4. The number of hydrogen-bond acceptors (Lipinski definition) is 7. The molecule has 1 aliphatic carbocycles. The number of sulfonamides is 1. The number of nitrogens with one attached hydrogen (secondary N) is 2. The molecule has 0 radical (unpaired) electrons. The van der Waals surface area contributed by atoms with Crippen molar-refractivity contribution in [1.82, 2.24) is 19.8 Å². The van der Waals surface area contributed by atoms with E-state index in [1.54, 1.807) is 12.1 Å². The van der Waals surface area contributed by atoms with Crippen LogP contribution in [0.4, 0.5) is 9.59 Å². The number of esters is 1. The SMILES string of the molecule is CCC1=C(C)CN(C(=O)NCCc2ccc(S(=O)(=O)N(C)C(=O)NC3CCC(COC(C)=O)CC3)cc2)C1=O. The lowest BCUT2D eigenvalue weighted by Gasteiger charge is -2.30. The number of ether oxygens (including phenoxy) is 1. The molecule has 2 aliphatic rings. The molecule has 214 valence electrons. The summed E-state index contributed by atoms with van der Waals surface area (Å²) in [6.45, 7) is 6.03. The Labute approximate surface area is 230 Å². The van der Waals surface area contributed by atoms with Gasteiger partial charge in [-0.15, -0.1) is 0 Å². The van der Waals surface area contributed by atoms with Gasteiger partial charge in [0.15, 0.2) is 0 Å². The van der Waals surface area contributed by atoms with E-state index in [4.69, 9.17) is 4.74 Å². The van der Waals surface area contributed by atoms with E-state index >= 15 is 0 Å². The van der Waals surface area contributed by atoms with Crippen LogP contribution in [-0.2, 0) is 30.8 Å². The molecule has 0 saturated heterocycles. The molecule has 5 amide bonds. The minimum Gasteiger partial charge on any atom is -0.466 e. The highest BCUT2D eigenvalue weighted by atomic mass is 32.2. The van der Waals surface area contributed by atoms with Crippen LogP contribution in [0.2, 0.25) is 0 Å². The van der Waals surface area contributed by atoms with Gasteiger partial charge in [0.25, 0.3) is 15.9 Å².